The Morgan fingerprint density at radius 3 is 2.70 bits per heavy atom. The Morgan fingerprint density at radius 1 is 1.00 bits per heavy atom. The zero-order valence-electron chi connectivity index (χ0n) is 14.5. The van der Waals surface area contributed by atoms with E-state index in [1.54, 1.807) is 37.6 Å². The molecule has 3 aromatic rings. The highest BCUT2D eigenvalue weighted by Gasteiger charge is 2.12. The molecule has 0 radical (unpaired) electrons. The summed E-state index contributed by atoms with van der Waals surface area (Å²) >= 11 is 6.07. The number of nitrogens with one attached hydrogen (secondary N) is 2. The largest absolute Gasteiger partial charge is 0.495 e. The van der Waals surface area contributed by atoms with Crippen LogP contribution in [0.2, 0.25) is 5.02 Å². The van der Waals surface area contributed by atoms with E-state index in [2.05, 4.69) is 20.6 Å². The average molecular weight is 385 g/mol. The van der Waals surface area contributed by atoms with Crippen LogP contribution in [-0.2, 0) is 0 Å². The van der Waals surface area contributed by atoms with Crippen molar-refractivity contribution in [2.24, 2.45) is 0 Å². The van der Waals surface area contributed by atoms with Crippen LogP contribution >= 0.6 is 11.6 Å². The van der Waals surface area contributed by atoms with Gasteiger partial charge in [-0.2, -0.15) is 4.98 Å². The standard InChI is InChI=1S/C19H17ClN4O3/c1-25-15-4-2-12(20)10-14(15)23-18-6-7-21-19(24-18)22-13-3-5-16-17(11-13)27-9-8-26-16/h2-7,10-11H,8-9H2,1H3,(H2,21,22,23,24). The molecule has 0 spiro atoms. The van der Waals surface area contributed by atoms with Crippen molar-refractivity contribution in [2.75, 3.05) is 31.0 Å². The van der Waals surface area contributed by atoms with Crippen LogP contribution in [0.1, 0.15) is 0 Å². The highest BCUT2D eigenvalue weighted by Crippen LogP contribution is 2.34. The van der Waals surface area contributed by atoms with Crippen LogP contribution in [0.15, 0.2) is 48.7 Å². The SMILES string of the molecule is COc1ccc(Cl)cc1Nc1ccnc(Nc2ccc3c(c2)OCCO3)n1. The van der Waals surface area contributed by atoms with Crippen molar-refractivity contribution in [1.82, 2.24) is 9.97 Å². The number of methoxy groups -OCH3 is 1. The lowest BCUT2D eigenvalue weighted by molar-refractivity contribution is 0.171. The van der Waals surface area contributed by atoms with Gasteiger partial charge in [-0.25, -0.2) is 4.98 Å². The fourth-order valence-corrected chi connectivity index (χ4v) is 2.83. The molecule has 1 aromatic heterocycles. The van der Waals surface area contributed by atoms with E-state index in [4.69, 9.17) is 25.8 Å². The molecule has 8 heteroatoms. The van der Waals surface area contributed by atoms with Gasteiger partial charge in [-0.1, -0.05) is 11.6 Å². The highest BCUT2D eigenvalue weighted by atomic mass is 35.5. The normalized spacial score (nSPS) is 12.4. The molecule has 1 aliphatic heterocycles. The Bertz CT molecular complexity index is 967. The number of nitrogens with zero attached hydrogens (tertiary/aromatic N) is 2. The van der Waals surface area contributed by atoms with E-state index in [-0.39, 0.29) is 0 Å². The van der Waals surface area contributed by atoms with E-state index < -0.39 is 0 Å². The zero-order valence-corrected chi connectivity index (χ0v) is 15.3. The molecule has 0 amide bonds. The number of hydrogen-bond acceptors (Lipinski definition) is 7. The Morgan fingerprint density at radius 2 is 1.85 bits per heavy atom. The van der Waals surface area contributed by atoms with Gasteiger partial charge in [0.2, 0.25) is 5.95 Å². The van der Waals surface area contributed by atoms with Crippen molar-refractivity contribution in [2.45, 2.75) is 0 Å². The van der Waals surface area contributed by atoms with Gasteiger partial charge in [0, 0.05) is 23.0 Å². The van der Waals surface area contributed by atoms with Crippen molar-refractivity contribution in [3.8, 4) is 17.2 Å². The topological polar surface area (TPSA) is 77.5 Å². The molecule has 0 bridgehead atoms. The summed E-state index contributed by atoms with van der Waals surface area (Å²) in [6.07, 6.45) is 1.66. The Balaban J connectivity index is 1.54. The zero-order chi connectivity index (χ0) is 18.6. The number of fused-ring (bicyclic) bond motifs is 1. The van der Waals surface area contributed by atoms with Gasteiger partial charge in [0.05, 0.1) is 12.8 Å². The monoisotopic (exact) mass is 384 g/mol. The predicted octanol–water partition coefficient (Wildman–Crippen LogP) is 4.40. The van der Waals surface area contributed by atoms with Gasteiger partial charge in [0.25, 0.3) is 0 Å². The number of anilines is 4. The molecule has 1 aliphatic rings. The lowest BCUT2D eigenvalue weighted by Crippen LogP contribution is -2.15. The third-order valence-corrected chi connectivity index (χ3v) is 4.11. The minimum absolute atomic E-state index is 0.442. The molecule has 138 valence electrons. The Kier molecular flexibility index (Phi) is 4.84. The molecule has 0 saturated carbocycles. The lowest BCUT2D eigenvalue weighted by atomic mass is 10.2. The minimum Gasteiger partial charge on any atom is -0.495 e. The summed E-state index contributed by atoms with van der Waals surface area (Å²) in [5.74, 6) is 3.14. The van der Waals surface area contributed by atoms with Gasteiger partial charge in [-0.15, -0.1) is 0 Å². The first-order chi connectivity index (χ1) is 13.2. The van der Waals surface area contributed by atoms with Gasteiger partial charge < -0.3 is 24.8 Å². The first-order valence-corrected chi connectivity index (χ1v) is 8.69. The van der Waals surface area contributed by atoms with Crippen molar-refractivity contribution in [3.63, 3.8) is 0 Å². The van der Waals surface area contributed by atoms with Gasteiger partial charge in [0.1, 0.15) is 24.8 Å². The van der Waals surface area contributed by atoms with E-state index in [0.717, 1.165) is 11.4 Å². The minimum atomic E-state index is 0.442. The molecule has 2 heterocycles. The molecule has 0 fully saturated rings. The number of benzene rings is 2. The Labute approximate surface area is 161 Å². The summed E-state index contributed by atoms with van der Waals surface area (Å²) in [4.78, 5) is 8.73. The molecule has 27 heavy (non-hydrogen) atoms. The summed E-state index contributed by atoms with van der Waals surface area (Å²) in [7, 11) is 1.60. The molecule has 0 aliphatic carbocycles. The predicted molar refractivity (Wildman–Crippen MR) is 104 cm³/mol. The second-order valence-corrected chi connectivity index (χ2v) is 6.15. The summed E-state index contributed by atoms with van der Waals surface area (Å²) in [5, 5.41) is 6.96. The molecular formula is C19H17ClN4O3. The molecule has 0 saturated heterocycles. The second-order valence-electron chi connectivity index (χ2n) is 5.72. The van der Waals surface area contributed by atoms with E-state index in [1.807, 2.05) is 18.2 Å². The quantitative estimate of drug-likeness (QED) is 0.675. The van der Waals surface area contributed by atoms with E-state index in [0.29, 0.717) is 47.2 Å². The molecule has 0 unspecified atom stereocenters. The maximum Gasteiger partial charge on any atom is 0.229 e. The molecule has 4 rings (SSSR count). The molecule has 0 atom stereocenters. The third-order valence-electron chi connectivity index (χ3n) is 3.88. The number of aromatic nitrogens is 2. The van der Waals surface area contributed by atoms with Crippen molar-refractivity contribution in [3.05, 3.63) is 53.7 Å². The molecule has 2 N–H and O–H groups in total. The number of hydrogen-bond donors (Lipinski definition) is 2. The van der Waals surface area contributed by atoms with Crippen LogP contribution in [-0.4, -0.2) is 30.3 Å². The van der Waals surface area contributed by atoms with Gasteiger partial charge in [0.15, 0.2) is 11.5 Å². The van der Waals surface area contributed by atoms with Gasteiger partial charge >= 0.3 is 0 Å². The first-order valence-electron chi connectivity index (χ1n) is 8.31. The average Bonchev–Trinajstić information content (AvgIpc) is 2.68. The summed E-state index contributed by atoms with van der Waals surface area (Å²) in [6.45, 7) is 1.09. The fourth-order valence-electron chi connectivity index (χ4n) is 2.65. The van der Waals surface area contributed by atoms with Crippen LogP contribution in [0.25, 0.3) is 0 Å². The van der Waals surface area contributed by atoms with Crippen LogP contribution in [0, 0.1) is 0 Å². The number of rotatable bonds is 5. The molecule has 2 aromatic carbocycles. The maximum absolute atomic E-state index is 6.07. The van der Waals surface area contributed by atoms with Gasteiger partial charge in [-0.05, 0) is 36.4 Å². The molecular weight excluding hydrogens is 368 g/mol. The highest BCUT2D eigenvalue weighted by molar-refractivity contribution is 6.31. The van der Waals surface area contributed by atoms with Crippen LogP contribution in [0.3, 0.4) is 0 Å². The summed E-state index contributed by atoms with van der Waals surface area (Å²) < 4.78 is 16.5. The smallest absolute Gasteiger partial charge is 0.229 e. The first kappa shape index (κ1) is 17.2. The van der Waals surface area contributed by atoms with Crippen molar-refractivity contribution >= 4 is 34.7 Å². The van der Waals surface area contributed by atoms with E-state index >= 15 is 0 Å². The number of halogens is 1. The molecule has 7 nitrogen and oxygen atoms in total. The second kappa shape index (κ2) is 7.59. The van der Waals surface area contributed by atoms with E-state index in [1.165, 1.54) is 0 Å². The van der Waals surface area contributed by atoms with Crippen molar-refractivity contribution < 1.29 is 14.2 Å². The summed E-state index contributed by atoms with van der Waals surface area (Å²) in [5.41, 5.74) is 1.52. The van der Waals surface area contributed by atoms with Gasteiger partial charge in [-0.3, -0.25) is 0 Å². The Hall–Kier alpha value is -3.19. The third kappa shape index (κ3) is 3.98. The number of ether oxygens (including phenoxy) is 3. The van der Waals surface area contributed by atoms with Crippen molar-refractivity contribution in [1.29, 1.82) is 0 Å². The summed E-state index contributed by atoms with van der Waals surface area (Å²) in [6, 6.07) is 12.7. The lowest BCUT2D eigenvalue weighted by Gasteiger charge is -2.19. The van der Waals surface area contributed by atoms with Crippen LogP contribution < -0.4 is 24.8 Å². The maximum atomic E-state index is 6.07. The fraction of sp³-hybridized carbons (Fsp3) is 0.158. The van der Waals surface area contributed by atoms with E-state index in [9.17, 15) is 0 Å². The van der Waals surface area contributed by atoms with Crippen LogP contribution in [0.5, 0.6) is 17.2 Å². The van der Waals surface area contributed by atoms with Crippen LogP contribution in [0.4, 0.5) is 23.1 Å².